The number of rotatable bonds is 1. The maximum absolute atomic E-state index is 2.68. The smallest absolute Gasteiger partial charge is 0.0104 e. The highest BCUT2D eigenvalue weighted by molar-refractivity contribution is 5.64. The molecule has 0 fully saturated rings. The predicted molar refractivity (Wildman–Crippen MR) is 124 cm³/mol. The molecule has 3 aliphatic carbocycles. The zero-order valence-corrected chi connectivity index (χ0v) is 19.6. The minimum atomic E-state index is 0.259. The van der Waals surface area contributed by atoms with Crippen molar-refractivity contribution in [3.8, 4) is 0 Å². The molecule has 154 valence electrons. The van der Waals surface area contributed by atoms with E-state index >= 15 is 0 Å². The van der Waals surface area contributed by atoms with Crippen molar-refractivity contribution in [3.05, 3.63) is 69.8 Å². The number of fused-ring (bicyclic) bond motifs is 2. The summed E-state index contributed by atoms with van der Waals surface area (Å²) in [7, 11) is 0. The summed E-state index contributed by atoms with van der Waals surface area (Å²) in [5, 5.41) is 0. The fraction of sp³-hybridized carbons (Fsp3) is 0.586. The molecule has 0 spiro atoms. The van der Waals surface area contributed by atoms with Gasteiger partial charge in [0.05, 0.1) is 0 Å². The molecule has 0 radical (unpaired) electrons. The van der Waals surface area contributed by atoms with Gasteiger partial charge >= 0.3 is 0 Å². The van der Waals surface area contributed by atoms with E-state index in [1.54, 1.807) is 27.8 Å². The molecule has 3 aliphatic rings. The molecule has 0 heterocycles. The van der Waals surface area contributed by atoms with Crippen LogP contribution in [0.25, 0.3) is 0 Å². The average Bonchev–Trinajstić information content (AvgIpc) is 2.98. The van der Waals surface area contributed by atoms with Gasteiger partial charge in [-0.25, -0.2) is 0 Å². The Morgan fingerprint density at radius 1 is 0.655 bits per heavy atom. The van der Waals surface area contributed by atoms with Crippen molar-refractivity contribution in [1.29, 1.82) is 0 Å². The summed E-state index contributed by atoms with van der Waals surface area (Å²) in [5.41, 5.74) is 11.2. The van der Waals surface area contributed by atoms with E-state index in [-0.39, 0.29) is 16.2 Å². The SMILES string of the molecule is CC1(C)CCC(C)(C)c2c1cc1c3c2C(c2ccccc2)CC3(C)CCC1(C)C. The lowest BCUT2D eigenvalue weighted by Gasteiger charge is -2.47. The zero-order valence-electron chi connectivity index (χ0n) is 19.6. The van der Waals surface area contributed by atoms with Crippen molar-refractivity contribution in [2.75, 3.05) is 0 Å². The second-order valence-electron chi connectivity index (χ2n) is 12.5. The van der Waals surface area contributed by atoms with Crippen LogP contribution in [0.2, 0.25) is 0 Å². The summed E-state index contributed by atoms with van der Waals surface area (Å²) in [6.07, 6.45) is 6.49. The first kappa shape index (κ1) is 19.4. The minimum absolute atomic E-state index is 0.259. The maximum atomic E-state index is 2.68. The van der Waals surface area contributed by atoms with E-state index in [0.29, 0.717) is 11.3 Å². The Morgan fingerprint density at radius 2 is 1.21 bits per heavy atom. The van der Waals surface area contributed by atoms with Gasteiger partial charge in [0.2, 0.25) is 0 Å². The zero-order chi connectivity index (χ0) is 20.8. The van der Waals surface area contributed by atoms with E-state index in [0.717, 1.165) is 0 Å². The lowest BCUT2D eigenvalue weighted by molar-refractivity contribution is 0.306. The molecular weight excluding hydrogens is 348 g/mol. The van der Waals surface area contributed by atoms with Gasteiger partial charge in [-0.3, -0.25) is 0 Å². The molecule has 0 bridgehead atoms. The van der Waals surface area contributed by atoms with Crippen molar-refractivity contribution in [1.82, 2.24) is 0 Å². The summed E-state index contributed by atoms with van der Waals surface area (Å²) < 4.78 is 0. The average molecular weight is 387 g/mol. The van der Waals surface area contributed by atoms with Crippen LogP contribution in [0.5, 0.6) is 0 Å². The number of hydrogen-bond donors (Lipinski definition) is 0. The van der Waals surface area contributed by atoms with Crippen LogP contribution in [0.15, 0.2) is 36.4 Å². The molecule has 0 saturated carbocycles. The predicted octanol–water partition coefficient (Wildman–Crippen LogP) is 7.90. The van der Waals surface area contributed by atoms with E-state index < -0.39 is 0 Å². The van der Waals surface area contributed by atoms with Gasteiger partial charge in [-0.05, 0) is 87.1 Å². The third-order valence-corrected chi connectivity index (χ3v) is 8.99. The molecule has 2 unspecified atom stereocenters. The normalized spacial score (nSPS) is 30.5. The van der Waals surface area contributed by atoms with Crippen LogP contribution in [-0.2, 0) is 21.7 Å². The summed E-state index contributed by atoms with van der Waals surface area (Å²) >= 11 is 0. The highest BCUT2D eigenvalue weighted by Crippen LogP contribution is 2.62. The molecule has 2 aromatic rings. The second kappa shape index (κ2) is 5.77. The topological polar surface area (TPSA) is 0 Å². The summed E-state index contributed by atoms with van der Waals surface area (Å²) in [4.78, 5) is 0. The monoisotopic (exact) mass is 386 g/mol. The first-order valence-corrected chi connectivity index (χ1v) is 11.7. The quantitative estimate of drug-likeness (QED) is 0.467. The minimum Gasteiger partial charge on any atom is -0.0622 e. The van der Waals surface area contributed by atoms with Crippen LogP contribution in [0.1, 0.15) is 120 Å². The van der Waals surface area contributed by atoms with Crippen molar-refractivity contribution in [3.63, 3.8) is 0 Å². The Labute approximate surface area is 178 Å². The van der Waals surface area contributed by atoms with E-state index in [2.05, 4.69) is 84.9 Å². The fourth-order valence-electron chi connectivity index (χ4n) is 6.96. The fourth-order valence-corrected chi connectivity index (χ4v) is 6.96. The molecule has 0 heteroatoms. The molecule has 0 aromatic heterocycles. The van der Waals surface area contributed by atoms with E-state index in [9.17, 15) is 0 Å². The number of hydrogen-bond acceptors (Lipinski definition) is 0. The van der Waals surface area contributed by atoms with E-state index in [4.69, 9.17) is 0 Å². The largest absolute Gasteiger partial charge is 0.0622 e. The second-order valence-corrected chi connectivity index (χ2v) is 12.5. The molecule has 2 aromatic carbocycles. The van der Waals surface area contributed by atoms with Crippen LogP contribution < -0.4 is 0 Å². The van der Waals surface area contributed by atoms with Crippen LogP contribution in [0.3, 0.4) is 0 Å². The highest BCUT2D eigenvalue weighted by Gasteiger charge is 2.52. The highest BCUT2D eigenvalue weighted by atomic mass is 14.6. The molecule has 0 nitrogen and oxygen atoms in total. The Morgan fingerprint density at radius 3 is 1.86 bits per heavy atom. The van der Waals surface area contributed by atoms with Gasteiger partial charge in [0.1, 0.15) is 0 Å². The van der Waals surface area contributed by atoms with Gasteiger partial charge in [0.25, 0.3) is 0 Å². The molecule has 0 saturated heterocycles. The Hall–Kier alpha value is -1.56. The number of benzene rings is 2. The molecule has 29 heavy (non-hydrogen) atoms. The van der Waals surface area contributed by atoms with Crippen LogP contribution >= 0.6 is 0 Å². The van der Waals surface area contributed by atoms with Gasteiger partial charge in [-0.1, -0.05) is 84.9 Å². The summed E-state index contributed by atoms with van der Waals surface area (Å²) in [6.45, 7) is 17.5. The van der Waals surface area contributed by atoms with Gasteiger partial charge in [-0.2, -0.15) is 0 Å². The molecular formula is C29H38. The Bertz CT molecular complexity index is 973. The van der Waals surface area contributed by atoms with Crippen molar-refractivity contribution in [2.24, 2.45) is 0 Å². The van der Waals surface area contributed by atoms with Crippen molar-refractivity contribution < 1.29 is 0 Å². The Balaban J connectivity index is 1.91. The Kier molecular flexibility index (Phi) is 3.86. The molecule has 0 aliphatic heterocycles. The molecule has 2 atom stereocenters. The first-order valence-electron chi connectivity index (χ1n) is 11.7. The van der Waals surface area contributed by atoms with Crippen molar-refractivity contribution >= 4 is 0 Å². The van der Waals surface area contributed by atoms with Crippen LogP contribution in [0, 0.1) is 0 Å². The lowest BCUT2D eigenvalue weighted by atomic mass is 9.57. The summed E-state index contributed by atoms with van der Waals surface area (Å²) in [6, 6.07) is 14.1. The molecule has 0 amide bonds. The maximum Gasteiger partial charge on any atom is 0.0104 e. The third-order valence-electron chi connectivity index (χ3n) is 8.99. The third kappa shape index (κ3) is 2.63. The van der Waals surface area contributed by atoms with Gasteiger partial charge < -0.3 is 0 Å². The summed E-state index contributed by atoms with van der Waals surface area (Å²) in [5.74, 6) is 0.548. The molecule has 5 rings (SSSR count). The van der Waals surface area contributed by atoms with Gasteiger partial charge in [0, 0.05) is 5.92 Å². The standard InChI is InChI=1S/C29H38/c1-26(2)13-14-28(5,6)24-21(26)17-22-25-23(24)20(19-11-9-8-10-12-19)18-29(25,7)16-15-27(22,3)4/h8-12,17,20H,13-16,18H2,1-7H3. The first-order chi connectivity index (χ1) is 13.5. The van der Waals surface area contributed by atoms with Gasteiger partial charge in [-0.15, -0.1) is 0 Å². The van der Waals surface area contributed by atoms with E-state index in [1.165, 1.54) is 37.7 Å². The van der Waals surface area contributed by atoms with Gasteiger partial charge in [0.15, 0.2) is 0 Å². The van der Waals surface area contributed by atoms with E-state index in [1.807, 2.05) is 0 Å². The van der Waals surface area contributed by atoms with Crippen molar-refractivity contribution in [2.45, 2.75) is 108 Å². The van der Waals surface area contributed by atoms with Crippen LogP contribution in [0.4, 0.5) is 0 Å². The van der Waals surface area contributed by atoms with Crippen LogP contribution in [-0.4, -0.2) is 0 Å². The lowest BCUT2D eigenvalue weighted by Crippen LogP contribution is -2.39. The molecule has 0 N–H and O–H groups in total.